The fourth-order valence-corrected chi connectivity index (χ4v) is 2.57. The summed E-state index contributed by atoms with van der Waals surface area (Å²) in [5.74, 6) is -3.68. The van der Waals surface area contributed by atoms with Crippen LogP contribution in [-0.4, -0.2) is 34.0 Å². The summed E-state index contributed by atoms with van der Waals surface area (Å²) < 4.78 is 4.73. The van der Waals surface area contributed by atoms with Crippen molar-refractivity contribution >= 4 is 28.8 Å². The van der Waals surface area contributed by atoms with Crippen molar-refractivity contribution < 1.29 is 29.5 Å². The maximum Gasteiger partial charge on any atom is 0.336 e. The van der Waals surface area contributed by atoms with E-state index in [9.17, 15) is 29.9 Å². The minimum absolute atomic E-state index is 0.121. The van der Waals surface area contributed by atoms with Crippen LogP contribution < -0.4 is 4.74 Å². The van der Waals surface area contributed by atoms with Crippen molar-refractivity contribution in [3.05, 3.63) is 49.7 Å². The molecule has 1 aromatic heterocycles. The molecule has 0 spiro atoms. The lowest BCUT2D eigenvalue weighted by atomic mass is 9.99. The van der Waals surface area contributed by atoms with Gasteiger partial charge in [0, 0.05) is 0 Å². The lowest BCUT2D eigenvalue weighted by molar-refractivity contribution is -0.386. The number of nitro groups is 1. The number of carboxylic acid groups (broad SMARTS) is 1. The van der Waals surface area contributed by atoms with Crippen LogP contribution in [0.4, 0.5) is 5.69 Å². The molecule has 2 rings (SSSR count). The second kappa shape index (κ2) is 5.82. The van der Waals surface area contributed by atoms with Crippen molar-refractivity contribution in [1.29, 1.82) is 0 Å². The number of ketones is 1. The second-order valence-corrected chi connectivity index (χ2v) is 5.01. The summed E-state index contributed by atoms with van der Waals surface area (Å²) in [5, 5.41) is 31.9. The fourth-order valence-electron chi connectivity index (χ4n) is 1.90. The second-order valence-electron chi connectivity index (χ2n) is 4.07. The topological polar surface area (TPSA) is 127 Å². The Bertz CT molecular complexity index is 767. The number of aromatic carboxylic acids is 1. The van der Waals surface area contributed by atoms with E-state index in [0.29, 0.717) is 0 Å². The van der Waals surface area contributed by atoms with Gasteiger partial charge < -0.3 is 14.9 Å². The van der Waals surface area contributed by atoms with Crippen molar-refractivity contribution in [3.8, 4) is 11.5 Å². The number of ether oxygens (including phenoxy) is 1. The standard InChI is InChI=1S/C13H9NO7S/c1-21-7-5-6(13(17)18)9(10(11(7)15)14(19)20)12(16)8-3-2-4-22-8/h2-5,15H,1H3,(H,17,18). The molecule has 2 aromatic rings. The molecule has 0 unspecified atom stereocenters. The van der Waals surface area contributed by atoms with E-state index in [-0.39, 0.29) is 4.88 Å². The molecule has 0 aliphatic rings. The van der Waals surface area contributed by atoms with E-state index in [1.807, 2.05) is 0 Å². The monoisotopic (exact) mass is 323 g/mol. The summed E-state index contributed by atoms with van der Waals surface area (Å²) in [6, 6.07) is 3.84. The highest BCUT2D eigenvalue weighted by molar-refractivity contribution is 7.12. The zero-order valence-electron chi connectivity index (χ0n) is 11.1. The van der Waals surface area contributed by atoms with E-state index >= 15 is 0 Å². The quantitative estimate of drug-likeness (QED) is 0.491. The normalized spacial score (nSPS) is 10.2. The van der Waals surface area contributed by atoms with Crippen LogP contribution in [0.2, 0.25) is 0 Å². The maximum atomic E-state index is 12.4. The van der Waals surface area contributed by atoms with Crippen LogP contribution in [0.1, 0.15) is 25.6 Å². The summed E-state index contributed by atoms with van der Waals surface area (Å²) in [7, 11) is 1.12. The molecule has 0 saturated carbocycles. The predicted molar refractivity (Wildman–Crippen MR) is 76.0 cm³/mol. The zero-order valence-corrected chi connectivity index (χ0v) is 11.9. The first kappa shape index (κ1) is 15.4. The van der Waals surface area contributed by atoms with Crippen molar-refractivity contribution in [2.75, 3.05) is 7.11 Å². The molecule has 114 valence electrons. The number of rotatable bonds is 5. The van der Waals surface area contributed by atoms with Crippen LogP contribution in [-0.2, 0) is 0 Å². The van der Waals surface area contributed by atoms with Gasteiger partial charge in [0.25, 0.3) is 0 Å². The SMILES string of the molecule is COc1cc(C(=O)O)c(C(=O)c2cccs2)c([N+](=O)[O-])c1O. The Kier molecular flexibility index (Phi) is 4.08. The van der Waals surface area contributed by atoms with Gasteiger partial charge >= 0.3 is 11.7 Å². The number of phenolic OH excluding ortho intramolecular Hbond substituents is 1. The number of carboxylic acids is 1. The molecule has 0 bridgehead atoms. The third kappa shape index (κ3) is 2.49. The number of hydrogen-bond donors (Lipinski definition) is 2. The molecule has 0 fully saturated rings. The Morgan fingerprint density at radius 1 is 1.41 bits per heavy atom. The van der Waals surface area contributed by atoms with Crippen LogP contribution in [0.3, 0.4) is 0 Å². The van der Waals surface area contributed by atoms with Gasteiger partial charge in [-0.2, -0.15) is 0 Å². The first-order chi connectivity index (χ1) is 10.4. The highest BCUT2D eigenvalue weighted by Crippen LogP contribution is 2.42. The molecule has 1 heterocycles. The molecule has 2 N–H and O–H groups in total. The van der Waals surface area contributed by atoms with Crippen molar-refractivity contribution in [1.82, 2.24) is 0 Å². The largest absolute Gasteiger partial charge is 0.499 e. The van der Waals surface area contributed by atoms with Gasteiger partial charge in [0.05, 0.1) is 22.5 Å². The van der Waals surface area contributed by atoms with Gasteiger partial charge in [0.1, 0.15) is 5.56 Å². The Hall–Kier alpha value is -2.94. The third-order valence-corrected chi connectivity index (χ3v) is 3.71. The summed E-state index contributed by atoms with van der Waals surface area (Å²) >= 11 is 1.00. The predicted octanol–water partition coefficient (Wildman–Crippen LogP) is 2.30. The summed E-state index contributed by atoms with van der Waals surface area (Å²) in [5.41, 5.74) is -2.28. The highest BCUT2D eigenvalue weighted by atomic mass is 32.1. The van der Waals surface area contributed by atoms with Gasteiger partial charge in [-0.15, -0.1) is 11.3 Å². The van der Waals surface area contributed by atoms with E-state index in [2.05, 4.69) is 0 Å². The molecule has 0 radical (unpaired) electrons. The number of aromatic hydroxyl groups is 1. The van der Waals surface area contributed by atoms with E-state index < -0.39 is 45.0 Å². The number of carbonyl (C=O) groups excluding carboxylic acids is 1. The third-order valence-electron chi connectivity index (χ3n) is 2.84. The Morgan fingerprint density at radius 3 is 2.55 bits per heavy atom. The fraction of sp³-hybridized carbons (Fsp3) is 0.0769. The molecule has 9 heteroatoms. The van der Waals surface area contributed by atoms with E-state index in [0.717, 1.165) is 24.5 Å². The summed E-state index contributed by atoms with van der Waals surface area (Å²) in [6.07, 6.45) is 0. The molecule has 0 amide bonds. The van der Waals surface area contributed by atoms with Crippen molar-refractivity contribution in [3.63, 3.8) is 0 Å². The van der Waals surface area contributed by atoms with Gasteiger partial charge in [0.15, 0.2) is 5.75 Å². The van der Waals surface area contributed by atoms with Crippen LogP contribution in [0, 0.1) is 10.1 Å². The van der Waals surface area contributed by atoms with E-state index in [1.54, 1.807) is 11.4 Å². The van der Waals surface area contributed by atoms with Gasteiger partial charge in [-0.05, 0) is 17.5 Å². The number of nitro benzene ring substituents is 1. The van der Waals surface area contributed by atoms with Gasteiger partial charge in [-0.3, -0.25) is 14.9 Å². The number of methoxy groups -OCH3 is 1. The van der Waals surface area contributed by atoms with Crippen LogP contribution >= 0.6 is 11.3 Å². The van der Waals surface area contributed by atoms with Gasteiger partial charge in [-0.25, -0.2) is 4.79 Å². The number of thiophene rings is 1. The maximum absolute atomic E-state index is 12.4. The smallest absolute Gasteiger partial charge is 0.336 e. The Balaban J connectivity index is 2.85. The average Bonchev–Trinajstić information content (AvgIpc) is 2.99. The molecule has 0 aliphatic carbocycles. The van der Waals surface area contributed by atoms with Gasteiger partial charge in [0.2, 0.25) is 11.5 Å². The minimum Gasteiger partial charge on any atom is -0.499 e. The van der Waals surface area contributed by atoms with E-state index in [4.69, 9.17) is 4.74 Å². The number of hydrogen-bond acceptors (Lipinski definition) is 7. The first-order valence-corrected chi connectivity index (χ1v) is 6.66. The summed E-state index contributed by atoms with van der Waals surface area (Å²) in [6.45, 7) is 0. The highest BCUT2D eigenvalue weighted by Gasteiger charge is 2.34. The molecular formula is C13H9NO7S. The first-order valence-electron chi connectivity index (χ1n) is 5.78. The molecule has 8 nitrogen and oxygen atoms in total. The van der Waals surface area contributed by atoms with Crippen LogP contribution in [0.5, 0.6) is 11.5 Å². The summed E-state index contributed by atoms with van der Waals surface area (Å²) in [4.78, 5) is 34.1. The Labute approximate surface area is 127 Å². The molecule has 0 saturated heterocycles. The van der Waals surface area contributed by atoms with Crippen LogP contribution in [0.15, 0.2) is 23.6 Å². The molecule has 22 heavy (non-hydrogen) atoms. The average molecular weight is 323 g/mol. The van der Waals surface area contributed by atoms with Crippen molar-refractivity contribution in [2.45, 2.75) is 0 Å². The van der Waals surface area contributed by atoms with Crippen molar-refractivity contribution in [2.24, 2.45) is 0 Å². The zero-order chi connectivity index (χ0) is 16.4. The number of nitrogens with zero attached hydrogens (tertiary/aromatic N) is 1. The molecule has 0 atom stereocenters. The van der Waals surface area contributed by atoms with Crippen LogP contribution in [0.25, 0.3) is 0 Å². The number of phenols is 1. The minimum atomic E-state index is -1.54. The van der Waals surface area contributed by atoms with E-state index in [1.165, 1.54) is 6.07 Å². The lowest BCUT2D eigenvalue weighted by Gasteiger charge is -2.10. The van der Waals surface area contributed by atoms with Gasteiger partial charge in [-0.1, -0.05) is 6.07 Å². The Morgan fingerprint density at radius 2 is 2.09 bits per heavy atom. The molecule has 0 aliphatic heterocycles. The molecule has 1 aromatic carbocycles. The number of benzene rings is 1. The molecular weight excluding hydrogens is 314 g/mol. The lowest BCUT2D eigenvalue weighted by Crippen LogP contribution is -2.13. The number of carbonyl (C=O) groups is 2.